The Morgan fingerprint density at radius 1 is 1.19 bits per heavy atom. The van der Waals surface area contributed by atoms with E-state index in [1.807, 2.05) is 0 Å². The van der Waals surface area contributed by atoms with Crippen LogP contribution in [0, 0.1) is 10.1 Å². The number of anilines is 1. The van der Waals surface area contributed by atoms with E-state index >= 15 is 0 Å². The van der Waals surface area contributed by atoms with Gasteiger partial charge in [0.15, 0.2) is 0 Å². The molecule has 1 aliphatic carbocycles. The van der Waals surface area contributed by atoms with Gasteiger partial charge in [0.2, 0.25) is 0 Å². The Hall–Kier alpha value is -2.11. The summed E-state index contributed by atoms with van der Waals surface area (Å²) in [6, 6.07) is 4.52. The number of carboxylic acid groups (broad SMARTS) is 1. The predicted octanol–water partition coefficient (Wildman–Crippen LogP) is 3.82. The summed E-state index contributed by atoms with van der Waals surface area (Å²) in [6.45, 7) is 0. The van der Waals surface area contributed by atoms with Crippen molar-refractivity contribution in [3.05, 3.63) is 33.9 Å². The van der Waals surface area contributed by atoms with Crippen molar-refractivity contribution in [2.45, 2.75) is 51.0 Å². The molecule has 2 rings (SSSR count). The third-order valence-electron chi connectivity index (χ3n) is 3.90. The molecular weight excluding hydrogens is 272 g/mol. The molecule has 0 aliphatic heterocycles. The normalized spacial score (nSPS) is 16.8. The molecule has 6 nitrogen and oxygen atoms in total. The number of hydrogen-bond donors (Lipinski definition) is 2. The first-order valence-corrected chi connectivity index (χ1v) is 7.36. The molecule has 1 aromatic carbocycles. The van der Waals surface area contributed by atoms with Crippen LogP contribution in [0.1, 0.15) is 55.3 Å². The molecule has 2 N–H and O–H groups in total. The van der Waals surface area contributed by atoms with Crippen LogP contribution in [0.25, 0.3) is 0 Å². The number of nitrogens with zero attached hydrogens (tertiary/aromatic N) is 1. The van der Waals surface area contributed by atoms with E-state index in [1.165, 1.54) is 31.4 Å². The summed E-state index contributed by atoms with van der Waals surface area (Å²) in [4.78, 5) is 21.3. The van der Waals surface area contributed by atoms with E-state index in [9.17, 15) is 14.9 Å². The van der Waals surface area contributed by atoms with Gasteiger partial charge in [0.05, 0.1) is 4.92 Å². The number of aromatic carboxylic acids is 1. The van der Waals surface area contributed by atoms with Crippen molar-refractivity contribution in [3.8, 4) is 0 Å². The molecule has 0 bridgehead atoms. The highest BCUT2D eigenvalue weighted by atomic mass is 16.6. The lowest BCUT2D eigenvalue weighted by molar-refractivity contribution is -0.385. The van der Waals surface area contributed by atoms with Crippen molar-refractivity contribution in [1.29, 1.82) is 0 Å². The molecule has 1 aromatic rings. The number of nitrogens with one attached hydrogen (secondary N) is 1. The second-order valence-electron chi connectivity index (χ2n) is 5.48. The van der Waals surface area contributed by atoms with Gasteiger partial charge in [-0.15, -0.1) is 0 Å². The third-order valence-corrected chi connectivity index (χ3v) is 3.90. The summed E-state index contributed by atoms with van der Waals surface area (Å²) >= 11 is 0. The highest BCUT2D eigenvalue weighted by molar-refractivity contribution is 5.93. The van der Waals surface area contributed by atoms with Gasteiger partial charge < -0.3 is 10.4 Å². The molecular formula is C15H20N2O4. The second-order valence-corrected chi connectivity index (χ2v) is 5.48. The van der Waals surface area contributed by atoms with Crippen LogP contribution in [0.3, 0.4) is 0 Å². The lowest BCUT2D eigenvalue weighted by Gasteiger charge is -2.22. The number of rotatable bonds is 4. The zero-order valence-electron chi connectivity index (χ0n) is 11.9. The zero-order valence-corrected chi connectivity index (χ0v) is 11.9. The number of benzene rings is 1. The molecule has 0 amide bonds. The van der Waals surface area contributed by atoms with Crippen LogP contribution in [0.5, 0.6) is 0 Å². The Morgan fingerprint density at radius 3 is 2.38 bits per heavy atom. The topological polar surface area (TPSA) is 92.5 Å². The standard InChI is InChI=1S/C15H20N2O4/c18-15(19)13-10-12(8-9-14(13)17(20)21)16-11-6-4-2-1-3-5-7-11/h8-11,16H,1-7H2,(H,18,19). The number of nitro groups is 1. The first-order chi connectivity index (χ1) is 10.1. The van der Waals surface area contributed by atoms with Crippen LogP contribution >= 0.6 is 0 Å². The van der Waals surface area contributed by atoms with Crippen LogP contribution in [0.4, 0.5) is 11.4 Å². The van der Waals surface area contributed by atoms with Crippen molar-refractivity contribution in [2.75, 3.05) is 5.32 Å². The monoisotopic (exact) mass is 292 g/mol. The average Bonchev–Trinajstić information content (AvgIpc) is 2.41. The Labute approximate surface area is 123 Å². The average molecular weight is 292 g/mol. The molecule has 1 saturated carbocycles. The fourth-order valence-electron chi connectivity index (χ4n) is 2.79. The lowest BCUT2D eigenvalue weighted by atomic mass is 9.96. The van der Waals surface area contributed by atoms with Crippen molar-refractivity contribution in [3.63, 3.8) is 0 Å². The summed E-state index contributed by atoms with van der Waals surface area (Å²) < 4.78 is 0. The Morgan fingerprint density at radius 2 is 1.81 bits per heavy atom. The predicted molar refractivity (Wildman–Crippen MR) is 79.8 cm³/mol. The highest BCUT2D eigenvalue weighted by Crippen LogP contribution is 2.25. The summed E-state index contributed by atoms with van der Waals surface area (Å²) in [5.41, 5.74) is 0.00475. The fourth-order valence-corrected chi connectivity index (χ4v) is 2.79. The molecule has 114 valence electrons. The Bertz CT molecular complexity index is 522. The van der Waals surface area contributed by atoms with Crippen molar-refractivity contribution >= 4 is 17.3 Å². The van der Waals surface area contributed by atoms with Crippen LogP contribution < -0.4 is 5.32 Å². The first-order valence-electron chi connectivity index (χ1n) is 7.36. The van der Waals surface area contributed by atoms with Crippen LogP contribution in [0.15, 0.2) is 18.2 Å². The van der Waals surface area contributed by atoms with Gasteiger partial charge in [0, 0.05) is 17.8 Å². The lowest BCUT2D eigenvalue weighted by Crippen LogP contribution is -2.20. The smallest absolute Gasteiger partial charge is 0.342 e. The maximum absolute atomic E-state index is 11.1. The minimum atomic E-state index is -1.27. The molecule has 1 fully saturated rings. The minimum Gasteiger partial charge on any atom is -0.477 e. The van der Waals surface area contributed by atoms with Gasteiger partial charge in [0.25, 0.3) is 5.69 Å². The van der Waals surface area contributed by atoms with Gasteiger partial charge in [-0.25, -0.2) is 4.79 Å². The molecule has 0 saturated heterocycles. The number of carboxylic acids is 1. The van der Waals surface area contributed by atoms with Crippen molar-refractivity contribution < 1.29 is 14.8 Å². The maximum atomic E-state index is 11.1. The van der Waals surface area contributed by atoms with Gasteiger partial charge in [0.1, 0.15) is 5.56 Å². The maximum Gasteiger partial charge on any atom is 0.342 e. The van der Waals surface area contributed by atoms with Crippen molar-refractivity contribution in [2.24, 2.45) is 0 Å². The van der Waals surface area contributed by atoms with Gasteiger partial charge >= 0.3 is 5.97 Å². The molecule has 21 heavy (non-hydrogen) atoms. The van der Waals surface area contributed by atoms with E-state index in [0.29, 0.717) is 11.7 Å². The molecule has 0 spiro atoms. The second kappa shape index (κ2) is 7.06. The molecule has 0 unspecified atom stereocenters. The highest BCUT2D eigenvalue weighted by Gasteiger charge is 2.20. The van der Waals surface area contributed by atoms with E-state index in [4.69, 9.17) is 5.11 Å². The van der Waals surface area contributed by atoms with E-state index in [0.717, 1.165) is 25.7 Å². The SMILES string of the molecule is O=C(O)c1cc(NC2CCCCCCC2)ccc1[N+](=O)[O-]. The first kappa shape index (κ1) is 15.3. The largest absolute Gasteiger partial charge is 0.477 e. The summed E-state index contributed by atoms with van der Waals surface area (Å²) in [6.07, 6.45) is 8.19. The van der Waals surface area contributed by atoms with Crippen LogP contribution in [0.2, 0.25) is 0 Å². The zero-order chi connectivity index (χ0) is 15.2. The van der Waals surface area contributed by atoms with Crippen molar-refractivity contribution in [1.82, 2.24) is 0 Å². The minimum absolute atomic E-state index is 0.268. The summed E-state index contributed by atoms with van der Waals surface area (Å²) in [5, 5.41) is 23.3. The molecule has 0 aromatic heterocycles. The molecule has 0 radical (unpaired) electrons. The molecule has 6 heteroatoms. The summed E-state index contributed by atoms with van der Waals surface area (Å²) in [7, 11) is 0. The van der Waals surface area contributed by atoms with Gasteiger partial charge in [-0.1, -0.05) is 32.1 Å². The van der Waals surface area contributed by atoms with E-state index in [-0.39, 0.29) is 11.3 Å². The van der Waals surface area contributed by atoms with Gasteiger partial charge in [-0.05, 0) is 25.0 Å². The number of carbonyl (C=O) groups is 1. The number of nitro benzene ring substituents is 1. The van der Waals surface area contributed by atoms with Crippen LogP contribution in [-0.4, -0.2) is 22.0 Å². The van der Waals surface area contributed by atoms with E-state index in [2.05, 4.69) is 5.32 Å². The van der Waals surface area contributed by atoms with E-state index < -0.39 is 10.9 Å². The quantitative estimate of drug-likeness (QED) is 0.650. The third kappa shape index (κ3) is 4.18. The van der Waals surface area contributed by atoms with Gasteiger partial charge in [-0.3, -0.25) is 10.1 Å². The Kier molecular flexibility index (Phi) is 5.14. The van der Waals surface area contributed by atoms with E-state index in [1.54, 1.807) is 6.07 Å². The van der Waals surface area contributed by atoms with Crippen LogP contribution in [-0.2, 0) is 0 Å². The molecule has 1 aliphatic rings. The number of hydrogen-bond acceptors (Lipinski definition) is 4. The molecule has 0 atom stereocenters. The van der Waals surface area contributed by atoms with Gasteiger partial charge in [-0.2, -0.15) is 0 Å². The fraction of sp³-hybridized carbons (Fsp3) is 0.533. The summed E-state index contributed by atoms with van der Waals surface area (Å²) in [5.74, 6) is -1.27. The molecule has 0 heterocycles. The Balaban J connectivity index is 2.14.